The summed E-state index contributed by atoms with van der Waals surface area (Å²) in [7, 11) is 0. The third-order valence-corrected chi connectivity index (χ3v) is 2.70. The van der Waals surface area contributed by atoms with Crippen molar-refractivity contribution in [3.8, 4) is 0 Å². The number of carbonyl (C=O) groups is 1. The number of benzene rings is 1. The van der Waals surface area contributed by atoms with Crippen LogP contribution in [0, 0.1) is 5.82 Å². The molecule has 2 aromatic rings. The SMILES string of the molecule is O=C(O)c1coc(CNCCc2ccc(F)cc2)c1. The van der Waals surface area contributed by atoms with Gasteiger partial charge in [-0.15, -0.1) is 0 Å². The highest BCUT2D eigenvalue weighted by Gasteiger charge is 2.07. The molecule has 0 unspecified atom stereocenters. The summed E-state index contributed by atoms with van der Waals surface area (Å²) in [6, 6.07) is 7.84. The maximum atomic E-state index is 12.7. The van der Waals surface area contributed by atoms with Crippen LogP contribution < -0.4 is 5.32 Å². The van der Waals surface area contributed by atoms with Gasteiger partial charge in [-0.1, -0.05) is 12.1 Å². The second-order valence-electron chi connectivity index (χ2n) is 4.16. The molecule has 0 saturated heterocycles. The van der Waals surface area contributed by atoms with Crippen LogP contribution in [0.2, 0.25) is 0 Å². The van der Waals surface area contributed by atoms with E-state index >= 15 is 0 Å². The van der Waals surface area contributed by atoms with E-state index in [4.69, 9.17) is 9.52 Å². The monoisotopic (exact) mass is 263 g/mol. The fraction of sp³-hybridized carbons (Fsp3) is 0.214. The van der Waals surface area contributed by atoms with Crippen LogP contribution in [-0.4, -0.2) is 17.6 Å². The largest absolute Gasteiger partial charge is 0.478 e. The highest BCUT2D eigenvalue weighted by atomic mass is 19.1. The maximum absolute atomic E-state index is 12.7. The van der Waals surface area contributed by atoms with Crippen LogP contribution in [0.5, 0.6) is 0 Å². The second-order valence-corrected chi connectivity index (χ2v) is 4.16. The van der Waals surface area contributed by atoms with Crippen molar-refractivity contribution in [1.29, 1.82) is 0 Å². The lowest BCUT2D eigenvalue weighted by molar-refractivity contribution is 0.0696. The molecule has 0 radical (unpaired) electrons. The zero-order valence-electron chi connectivity index (χ0n) is 10.2. The number of nitrogens with one attached hydrogen (secondary N) is 1. The molecule has 0 saturated carbocycles. The number of hydrogen-bond acceptors (Lipinski definition) is 3. The number of halogens is 1. The number of rotatable bonds is 6. The molecule has 2 rings (SSSR count). The van der Waals surface area contributed by atoms with E-state index in [2.05, 4.69) is 5.32 Å². The lowest BCUT2D eigenvalue weighted by Crippen LogP contribution is -2.16. The summed E-state index contributed by atoms with van der Waals surface area (Å²) in [5.74, 6) is -0.661. The summed E-state index contributed by atoms with van der Waals surface area (Å²) in [5, 5.41) is 11.9. The molecule has 100 valence electrons. The van der Waals surface area contributed by atoms with Crippen LogP contribution >= 0.6 is 0 Å². The van der Waals surface area contributed by atoms with Gasteiger partial charge < -0.3 is 14.8 Å². The number of carboxylic acid groups (broad SMARTS) is 1. The molecule has 19 heavy (non-hydrogen) atoms. The summed E-state index contributed by atoms with van der Waals surface area (Å²) >= 11 is 0. The third kappa shape index (κ3) is 3.93. The topological polar surface area (TPSA) is 62.5 Å². The van der Waals surface area contributed by atoms with E-state index < -0.39 is 5.97 Å². The predicted octanol–water partition coefficient (Wildman–Crippen LogP) is 2.45. The Morgan fingerprint density at radius 3 is 2.68 bits per heavy atom. The number of furan rings is 1. The lowest BCUT2D eigenvalue weighted by Gasteiger charge is -2.03. The molecule has 2 N–H and O–H groups in total. The Balaban J connectivity index is 1.74. The first-order chi connectivity index (χ1) is 9.15. The highest BCUT2D eigenvalue weighted by molar-refractivity contribution is 5.87. The van der Waals surface area contributed by atoms with E-state index in [1.165, 1.54) is 24.5 Å². The minimum Gasteiger partial charge on any atom is -0.478 e. The van der Waals surface area contributed by atoms with Gasteiger partial charge in [0.1, 0.15) is 17.8 Å². The predicted molar refractivity (Wildman–Crippen MR) is 67.5 cm³/mol. The molecule has 0 spiro atoms. The minimum absolute atomic E-state index is 0.148. The summed E-state index contributed by atoms with van der Waals surface area (Å²) in [4.78, 5) is 10.6. The number of aromatic carboxylic acids is 1. The van der Waals surface area contributed by atoms with Crippen molar-refractivity contribution in [2.24, 2.45) is 0 Å². The van der Waals surface area contributed by atoms with E-state index in [0.29, 0.717) is 18.8 Å². The van der Waals surface area contributed by atoms with Crippen LogP contribution in [0.4, 0.5) is 4.39 Å². The van der Waals surface area contributed by atoms with Crippen molar-refractivity contribution in [3.63, 3.8) is 0 Å². The van der Waals surface area contributed by atoms with Crippen LogP contribution in [0.3, 0.4) is 0 Å². The first-order valence-corrected chi connectivity index (χ1v) is 5.91. The fourth-order valence-electron chi connectivity index (χ4n) is 1.68. The fourth-order valence-corrected chi connectivity index (χ4v) is 1.68. The van der Waals surface area contributed by atoms with Gasteiger partial charge in [-0.25, -0.2) is 9.18 Å². The Labute approximate surface area is 109 Å². The van der Waals surface area contributed by atoms with E-state index in [-0.39, 0.29) is 11.4 Å². The van der Waals surface area contributed by atoms with Crippen molar-refractivity contribution in [3.05, 3.63) is 59.3 Å². The molecular formula is C14H14FNO3. The van der Waals surface area contributed by atoms with Gasteiger partial charge in [0.2, 0.25) is 0 Å². The van der Waals surface area contributed by atoms with Gasteiger partial charge in [0.15, 0.2) is 0 Å². The van der Waals surface area contributed by atoms with Crippen molar-refractivity contribution in [2.75, 3.05) is 6.54 Å². The van der Waals surface area contributed by atoms with Gasteiger partial charge in [0.25, 0.3) is 0 Å². The quantitative estimate of drug-likeness (QED) is 0.786. The van der Waals surface area contributed by atoms with E-state index in [9.17, 15) is 9.18 Å². The summed E-state index contributed by atoms with van der Waals surface area (Å²) in [5.41, 5.74) is 1.19. The molecule has 0 aliphatic carbocycles. The standard InChI is InChI=1S/C14H14FNO3/c15-12-3-1-10(2-4-12)5-6-16-8-13-7-11(9-19-13)14(17)18/h1-4,7,9,16H,5-6,8H2,(H,17,18). The zero-order chi connectivity index (χ0) is 13.7. The van der Waals surface area contributed by atoms with Crippen LogP contribution in [-0.2, 0) is 13.0 Å². The van der Waals surface area contributed by atoms with Crippen LogP contribution in [0.1, 0.15) is 21.7 Å². The van der Waals surface area contributed by atoms with Gasteiger partial charge in [-0.05, 0) is 36.7 Å². The Bertz CT molecular complexity index is 548. The van der Waals surface area contributed by atoms with Crippen molar-refractivity contribution in [2.45, 2.75) is 13.0 Å². The lowest BCUT2D eigenvalue weighted by atomic mass is 10.1. The molecule has 0 bridgehead atoms. The zero-order valence-corrected chi connectivity index (χ0v) is 10.2. The Kier molecular flexibility index (Phi) is 4.30. The van der Waals surface area contributed by atoms with Crippen molar-refractivity contribution >= 4 is 5.97 Å². The molecule has 1 heterocycles. The second kappa shape index (κ2) is 6.15. The average Bonchev–Trinajstić information content (AvgIpc) is 2.86. The van der Waals surface area contributed by atoms with E-state index in [1.54, 1.807) is 12.1 Å². The van der Waals surface area contributed by atoms with Crippen LogP contribution in [0.15, 0.2) is 41.0 Å². The van der Waals surface area contributed by atoms with Gasteiger partial charge in [-0.2, -0.15) is 0 Å². The molecule has 0 atom stereocenters. The molecule has 4 nitrogen and oxygen atoms in total. The molecule has 1 aromatic heterocycles. The first-order valence-electron chi connectivity index (χ1n) is 5.91. The third-order valence-electron chi connectivity index (χ3n) is 2.70. The highest BCUT2D eigenvalue weighted by Crippen LogP contribution is 2.07. The molecular weight excluding hydrogens is 249 g/mol. The Morgan fingerprint density at radius 2 is 2.05 bits per heavy atom. The molecule has 1 aromatic carbocycles. The molecule has 0 fully saturated rings. The molecule has 0 aliphatic rings. The van der Waals surface area contributed by atoms with E-state index in [0.717, 1.165) is 12.0 Å². The molecule has 0 aliphatic heterocycles. The maximum Gasteiger partial charge on any atom is 0.338 e. The average molecular weight is 263 g/mol. The van der Waals surface area contributed by atoms with Gasteiger partial charge >= 0.3 is 5.97 Å². The van der Waals surface area contributed by atoms with Gasteiger partial charge in [-0.3, -0.25) is 0 Å². The first kappa shape index (κ1) is 13.3. The summed E-state index contributed by atoms with van der Waals surface area (Å²) in [6.45, 7) is 1.17. The van der Waals surface area contributed by atoms with E-state index in [1.807, 2.05) is 0 Å². The Hall–Kier alpha value is -2.14. The van der Waals surface area contributed by atoms with Crippen molar-refractivity contribution < 1.29 is 18.7 Å². The van der Waals surface area contributed by atoms with Crippen LogP contribution in [0.25, 0.3) is 0 Å². The molecule has 0 amide bonds. The summed E-state index contributed by atoms with van der Waals surface area (Å²) < 4.78 is 17.8. The van der Waals surface area contributed by atoms with Gasteiger partial charge in [0.05, 0.1) is 12.1 Å². The van der Waals surface area contributed by atoms with Crippen molar-refractivity contribution in [1.82, 2.24) is 5.32 Å². The smallest absolute Gasteiger partial charge is 0.338 e. The molecule has 5 heteroatoms. The summed E-state index contributed by atoms with van der Waals surface area (Å²) in [6.07, 6.45) is 1.99. The normalized spacial score (nSPS) is 10.6. The number of carboxylic acids is 1. The minimum atomic E-state index is -0.999. The van der Waals surface area contributed by atoms with Gasteiger partial charge in [0, 0.05) is 0 Å². The Morgan fingerprint density at radius 1 is 1.32 bits per heavy atom. The number of hydrogen-bond donors (Lipinski definition) is 2.